The molecular formula is C31H29F2N5O4. The Morgan fingerprint density at radius 1 is 1.14 bits per heavy atom. The van der Waals surface area contributed by atoms with E-state index in [1.807, 2.05) is 0 Å². The Bertz CT molecular complexity index is 1540. The number of nitrogens with one attached hydrogen (secondary N) is 3. The molecule has 4 amide bonds. The standard InChI is InChI=1S/C31H29F2N5O4/c1-20(5-3-6-21(2)36-19-39)8-14-25-27(7-4-16-35-30(25)34)42-28-15-13-24(18-26(28)33)37-31(41)38-29(40)17-22-9-11-23(32)12-10-22/h3,5-16,18-19H,1,4,17,34H2,2H3,(H,36,39)(H2,37,38,40,41)/b5-3-,14-8+,21-6+. The van der Waals surface area contributed by atoms with Crippen LogP contribution in [0.5, 0.6) is 5.75 Å². The zero-order valence-electron chi connectivity index (χ0n) is 22.7. The van der Waals surface area contributed by atoms with E-state index in [0.717, 1.165) is 6.07 Å². The summed E-state index contributed by atoms with van der Waals surface area (Å²) in [5, 5.41) is 7.04. The van der Waals surface area contributed by atoms with Crippen LogP contribution < -0.4 is 26.4 Å². The Kier molecular flexibility index (Phi) is 11.3. The molecule has 0 saturated heterocycles. The number of urea groups is 1. The van der Waals surface area contributed by atoms with Crippen molar-refractivity contribution in [2.24, 2.45) is 10.7 Å². The smallest absolute Gasteiger partial charge is 0.325 e. The second-order valence-corrected chi connectivity index (χ2v) is 8.85. The topological polar surface area (TPSA) is 135 Å². The molecule has 1 aliphatic rings. The number of carbonyl (C=O) groups excluding carboxylic acids is 3. The van der Waals surface area contributed by atoms with Gasteiger partial charge in [-0.15, -0.1) is 0 Å². The molecule has 42 heavy (non-hydrogen) atoms. The van der Waals surface area contributed by atoms with Crippen LogP contribution in [0.25, 0.3) is 0 Å². The van der Waals surface area contributed by atoms with Crippen molar-refractivity contribution in [2.75, 3.05) is 5.32 Å². The first-order chi connectivity index (χ1) is 20.1. The van der Waals surface area contributed by atoms with E-state index in [-0.39, 0.29) is 29.4 Å². The highest BCUT2D eigenvalue weighted by molar-refractivity contribution is 6.01. The van der Waals surface area contributed by atoms with Crippen LogP contribution in [0.15, 0.2) is 119 Å². The fourth-order valence-electron chi connectivity index (χ4n) is 3.48. The number of imide groups is 1. The van der Waals surface area contributed by atoms with Gasteiger partial charge in [0.05, 0.1) is 12.0 Å². The first-order valence-electron chi connectivity index (χ1n) is 12.6. The maximum absolute atomic E-state index is 15.0. The molecule has 5 N–H and O–H groups in total. The Labute approximate surface area is 241 Å². The number of nitrogens with zero attached hydrogens (tertiary/aromatic N) is 1. The van der Waals surface area contributed by atoms with E-state index in [9.17, 15) is 23.2 Å². The Morgan fingerprint density at radius 3 is 2.62 bits per heavy atom. The van der Waals surface area contributed by atoms with Crippen LogP contribution in [-0.2, 0) is 16.0 Å². The van der Waals surface area contributed by atoms with Crippen LogP contribution in [0.3, 0.4) is 0 Å². The lowest BCUT2D eigenvalue weighted by Gasteiger charge is -2.13. The summed E-state index contributed by atoms with van der Waals surface area (Å²) in [7, 11) is 0. The number of amides is 4. The van der Waals surface area contributed by atoms with Gasteiger partial charge in [0.25, 0.3) is 0 Å². The number of hydrogen-bond acceptors (Lipinski definition) is 6. The molecule has 0 saturated carbocycles. The summed E-state index contributed by atoms with van der Waals surface area (Å²) in [6.45, 7) is 5.67. The Balaban J connectivity index is 1.64. The molecule has 2 aromatic carbocycles. The highest BCUT2D eigenvalue weighted by atomic mass is 19.1. The maximum Gasteiger partial charge on any atom is 0.325 e. The summed E-state index contributed by atoms with van der Waals surface area (Å²) < 4.78 is 33.8. The quantitative estimate of drug-likeness (QED) is 0.220. The molecule has 0 spiro atoms. The van der Waals surface area contributed by atoms with Gasteiger partial charge >= 0.3 is 6.03 Å². The largest absolute Gasteiger partial charge is 0.454 e. The number of anilines is 1. The van der Waals surface area contributed by atoms with Crippen molar-refractivity contribution in [3.63, 3.8) is 0 Å². The number of benzene rings is 2. The van der Waals surface area contributed by atoms with Crippen molar-refractivity contribution in [2.45, 2.75) is 19.8 Å². The number of aliphatic imine (C=N–C) groups is 1. The number of rotatable bonds is 11. The first kappa shape index (κ1) is 31.0. The molecule has 0 fully saturated rings. The van der Waals surface area contributed by atoms with E-state index in [1.165, 1.54) is 36.4 Å². The van der Waals surface area contributed by atoms with Crippen molar-refractivity contribution in [1.29, 1.82) is 0 Å². The third-order valence-electron chi connectivity index (χ3n) is 5.53. The number of nitrogens with two attached hydrogens (primary N) is 1. The molecule has 0 atom stereocenters. The lowest BCUT2D eigenvalue weighted by atomic mass is 10.1. The van der Waals surface area contributed by atoms with Crippen molar-refractivity contribution in [3.05, 3.63) is 131 Å². The SMILES string of the molecule is C=C(/C=C\C=C(/C)NC=O)/C=C/C1=C(N)N=CCC=C1Oc1ccc(NC(=O)NC(=O)Cc2ccc(F)cc2)cc1F. The molecule has 9 nitrogen and oxygen atoms in total. The molecule has 11 heteroatoms. The van der Waals surface area contributed by atoms with Crippen LogP contribution in [0, 0.1) is 11.6 Å². The summed E-state index contributed by atoms with van der Waals surface area (Å²) in [4.78, 5) is 38.9. The van der Waals surface area contributed by atoms with Crippen LogP contribution >= 0.6 is 0 Å². The fraction of sp³-hybridized carbons (Fsp3) is 0.0968. The van der Waals surface area contributed by atoms with E-state index in [4.69, 9.17) is 10.5 Å². The molecule has 0 bridgehead atoms. The van der Waals surface area contributed by atoms with Crippen molar-refractivity contribution >= 4 is 30.3 Å². The molecule has 0 aromatic heterocycles. The van der Waals surface area contributed by atoms with Crippen molar-refractivity contribution < 1.29 is 27.9 Å². The van der Waals surface area contributed by atoms with Gasteiger partial charge in [0.15, 0.2) is 11.6 Å². The van der Waals surface area contributed by atoms with Crippen LogP contribution in [0.2, 0.25) is 0 Å². The normalized spacial score (nSPS) is 13.5. The van der Waals surface area contributed by atoms with E-state index < -0.39 is 23.6 Å². The van der Waals surface area contributed by atoms with Crippen LogP contribution in [0.1, 0.15) is 18.9 Å². The number of hydrogen-bond donors (Lipinski definition) is 4. The minimum absolute atomic E-state index is 0.0796. The van der Waals surface area contributed by atoms with Gasteiger partial charge in [-0.25, -0.2) is 18.6 Å². The van der Waals surface area contributed by atoms with Gasteiger partial charge in [0, 0.05) is 30.1 Å². The van der Waals surface area contributed by atoms with Gasteiger partial charge in [-0.2, -0.15) is 0 Å². The summed E-state index contributed by atoms with van der Waals surface area (Å²) in [5.41, 5.74) is 8.37. The van der Waals surface area contributed by atoms with E-state index in [2.05, 4.69) is 27.5 Å². The Morgan fingerprint density at radius 2 is 1.90 bits per heavy atom. The van der Waals surface area contributed by atoms with Crippen LogP contribution in [0.4, 0.5) is 19.3 Å². The summed E-state index contributed by atoms with van der Waals surface area (Å²) >= 11 is 0. The monoisotopic (exact) mass is 573 g/mol. The van der Waals surface area contributed by atoms with Gasteiger partial charge < -0.3 is 21.1 Å². The number of allylic oxidation sites excluding steroid dienone is 8. The fourth-order valence-corrected chi connectivity index (χ4v) is 3.48. The number of halogens is 2. The predicted octanol–water partition coefficient (Wildman–Crippen LogP) is 5.08. The lowest BCUT2D eigenvalue weighted by molar-refractivity contribution is -0.119. The van der Waals surface area contributed by atoms with E-state index in [1.54, 1.807) is 49.6 Å². The molecule has 3 rings (SSSR count). The molecule has 0 radical (unpaired) electrons. The molecule has 0 unspecified atom stereocenters. The van der Waals surface area contributed by atoms with Crippen LogP contribution in [-0.4, -0.2) is 24.6 Å². The van der Waals surface area contributed by atoms with Gasteiger partial charge in [-0.1, -0.05) is 36.9 Å². The zero-order valence-corrected chi connectivity index (χ0v) is 22.7. The molecule has 216 valence electrons. The van der Waals surface area contributed by atoms with Gasteiger partial charge in [0.2, 0.25) is 12.3 Å². The van der Waals surface area contributed by atoms with Gasteiger partial charge in [-0.3, -0.25) is 14.9 Å². The predicted molar refractivity (Wildman–Crippen MR) is 157 cm³/mol. The van der Waals surface area contributed by atoms with E-state index in [0.29, 0.717) is 35.2 Å². The third-order valence-corrected chi connectivity index (χ3v) is 5.53. The second-order valence-electron chi connectivity index (χ2n) is 8.85. The number of carbonyl (C=O) groups is 3. The van der Waals surface area contributed by atoms with Gasteiger partial charge in [0.1, 0.15) is 17.4 Å². The molecule has 2 aromatic rings. The lowest BCUT2D eigenvalue weighted by Crippen LogP contribution is -2.35. The summed E-state index contributed by atoms with van der Waals surface area (Å²) in [6, 6.07) is 8.19. The minimum Gasteiger partial charge on any atom is -0.454 e. The summed E-state index contributed by atoms with van der Waals surface area (Å²) in [5.74, 6) is -1.57. The Hall–Kier alpha value is -5.58. The average molecular weight is 574 g/mol. The highest BCUT2D eigenvalue weighted by Crippen LogP contribution is 2.27. The third kappa shape index (κ3) is 9.87. The second kappa shape index (κ2) is 15.3. The molecule has 0 aliphatic carbocycles. The summed E-state index contributed by atoms with van der Waals surface area (Å²) in [6.07, 6.45) is 12.5. The maximum atomic E-state index is 15.0. The highest BCUT2D eigenvalue weighted by Gasteiger charge is 2.16. The first-order valence-corrected chi connectivity index (χ1v) is 12.6. The van der Waals surface area contributed by atoms with Crippen molar-refractivity contribution in [1.82, 2.24) is 10.6 Å². The molecule has 1 aliphatic heterocycles. The van der Waals surface area contributed by atoms with Crippen molar-refractivity contribution in [3.8, 4) is 5.75 Å². The minimum atomic E-state index is -0.859. The van der Waals surface area contributed by atoms with Gasteiger partial charge in [-0.05, 0) is 60.6 Å². The van der Waals surface area contributed by atoms with E-state index >= 15 is 0 Å². The number of ether oxygens (including phenoxy) is 1. The molecule has 1 heterocycles. The average Bonchev–Trinajstić information content (AvgIpc) is 3.10. The zero-order chi connectivity index (χ0) is 30.5. The molecular weight excluding hydrogens is 544 g/mol.